The van der Waals surface area contributed by atoms with Gasteiger partial charge in [-0.15, -0.1) is 0 Å². The van der Waals surface area contributed by atoms with E-state index in [0.717, 1.165) is 5.56 Å². The zero-order valence-corrected chi connectivity index (χ0v) is 9.19. The summed E-state index contributed by atoms with van der Waals surface area (Å²) in [6.07, 6.45) is 0. The Labute approximate surface area is 99.5 Å². The summed E-state index contributed by atoms with van der Waals surface area (Å²) in [5.74, 6) is 0. The van der Waals surface area contributed by atoms with Gasteiger partial charge in [-0.05, 0) is 17.7 Å². The SMILES string of the molecule is ON(OOCc1ccccc1)c1ccccc1. The number of hydrogen-bond acceptors (Lipinski definition) is 4. The number of anilines is 1. The van der Waals surface area contributed by atoms with Crippen molar-refractivity contribution in [2.24, 2.45) is 0 Å². The van der Waals surface area contributed by atoms with Crippen molar-refractivity contribution in [2.75, 3.05) is 5.23 Å². The van der Waals surface area contributed by atoms with E-state index in [2.05, 4.69) is 0 Å². The molecule has 0 saturated carbocycles. The van der Waals surface area contributed by atoms with Crippen molar-refractivity contribution < 1.29 is 15.1 Å². The molecule has 0 aliphatic rings. The molecule has 0 aromatic heterocycles. The van der Waals surface area contributed by atoms with Gasteiger partial charge >= 0.3 is 0 Å². The molecule has 0 aliphatic carbocycles. The van der Waals surface area contributed by atoms with Crippen LogP contribution in [0.15, 0.2) is 60.7 Å². The van der Waals surface area contributed by atoms with Gasteiger partial charge in [-0.3, -0.25) is 5.21 Å². The van der Waals surface area contributed by atoms with Crippen LogP contribution in [0.3, 0.4) is 0 Å². The molecular formula is C13H13NO3. The number of para-hydroxylation sites is 1. The fraction of sp³-hybridized carbons (Fsp3) is 0.0769. The van der Waals surface area contributed by atoms with Crippen LogP contribution in [-0.2, 0) is 16.5 Å². The summed E-state index contributed by atoms with van der Waals surface area (Å²) in [7, 11) is 0. The van der Waals surface area contributed by atoms with E-state index in [1.54, 1.807) is 24.3 Å². The summed E-state index contributed by atoms with van der Waals surface area (Å²) in [6, 6.07) is 18.4. The number of hydrogen-bond donors (Lipinski definition) is 1. The van der Waals surface area contributed by atoms with Crippen LogP contribution in [0.2, 0.25) is 0 Å². The van der Waals surface area contributed by atoms with Gasteiger partial charge in [0, 0.05) is 0 Å². The predicted molar refractivity (Wildman–Crippen MR) is 63.0 cm³/mol. The third kappa shape index (κ3) is 3.57. The zero-order chi connectivity index (χ0) is 11.9. The summed E-state index contributed by atoms with van der Waals surface area (Å²) >= 11 is 0. The Kier molecular flexibility index (Phi) is 4.10. The molecule has 0 spiro atoms. The van der Waals surface area contributed by atoms with Crippen molar-refractivity contribution in [1.29, 1.82) is 0 Å². The third-order valence-corrected chi connectivity index (χ3v) is 2.17. The highest BCUT2D eigenvalue weighted by Crippen LogP contribution is 2.11. The van der Waals surface area contributed by atoms with E-state index < -0.39 is 0 Å². The summed E-state index contributed by atoms with van der Waals surface area (Å²) in [6.45, 7) is 0.269. The summed E-state index contributed by atoms with van der Waals surface area (Å²) in [4.78, 5) is 9.63. The lowest BCUT2D eigenvalue weighted by atomic mass is 10.2. The van der Waals surface area contributed by atoms with E-state index in [-0.39, 0.29) is 6.61 Å². The average Bonchev–Trinajstić information content (AvgIpc) is 2.41. The molecule has 4 heteroatoms. The monoisotopic (exact) mass is 231 g/mol. The minimum Gasteiger partial charge on any atom is -0.262 e. The summed E-state index contributed by atoms with van der Waals surface area (Å²) in [5.41, 5.74) is 1.47. The maximum atomic E-state index is 9.48. The van der Waals surface area contributed by atoms with Crippen molar-refractivity contribution >= 4 is 5.69 Å². The van der Waals surface area contributed by atoms with Crippen LogP contribution in [0.1, 0.15) is 5.56 Å². The first kappa shape index (κ1) is 11.6. The molecule has 2 aromatic carbocycles. The first-order valence-corrected chi connectivity index (χ1v) is 5.24. The Hall–Kier alpha value is -1.88. The number of benzene rings is 2. The smallest absolute Gasteiger partial charge is 0.110 e. The molecule has 0 unspecified atom stereocenters. The van der Waals surface area contributed by atoms with Gasteiger partial charge in [0.25, 0.3) is 0 Å². The second-order valence-electron chi connectivity index (χ2n) is 3.43. The largest absolute Gasteiger partial charge is 0.262 e. The van der Waals surface area contributed by atoms with Crippen LogP contribution in [0, 0.1) is 0 Å². The van der Waals surface area contributed by atoms with E-state index in [9.17, 15) is 5.21 Å². The minimum absolute atomic E-state index is 0.269. The second-order valence-corrected chi connectivity index (χ2v) is 3.43. The number of nitrogens with zero attached hydrogens (tertiary/aromatic N) is 1. The first-order valence-electron chi connectivity index (χ1n) is 5.24. The lowest BCUT2D eigenvalue weighted by Gasteiger charge is -2.13. The van der Waals surface area contributed by atoms with Crippen molar-refractivity contribution in [3.05, 3.63) is 66.2 Å². The molecule has 2 aromatic rings. The molecule has 0 bridgehead atoms. The van der Waals surface area contributed by atoms with Gasteiger partial charge in [0.2, 0.25) is 0 Å². The van der Waals surface area contributed by atoms with Crippen LogP contribution in [0.4, 0.5) is 5.69 Å². The lowest BCUT2D eigenvalue weighted by molar-refractivity contribution is -0.352. The zero-order valence-electron chi connectivity index (χ0n) is 9.19. The van der Waals surface area contributed by atoms with Gasteiger partial charge < -0.3 is 0 Å². The Morgan fingerprint density at radius 3 is 2.12 bits per heavy atom. The van der Waals surface area contributed by atoms with Crippen molar-refractivity contribution in [2.45, 2.75) is 6.61 Å². The second kappa shape index (κ2) is 6.00. The van der Waals surface area contributed by atoms with E-state index in [1.165, 1.54) is 0 Å². The molecule has 0 radical (unpaired) electrons. The molecule has 4 nitrogen and oxygen atoms in total. The fourth-order valence-corrected chi connectivity index (χ4v) is 1.32. The van der Waals surface area contributed by atoms with Crippen LogP contribution < -0.4 is 5.23 Å². The molecule has 0 aliphatic heterocycles. The van der Waals surface area contributed by atoms with Crippen molar-refractivity contribution in [1.82, 2.24) is 0 Å². The normalized spacial score (nSPS) is 10.2. The molecular weight excluding hydrogens is 218 g/mol. The molecule has 1 N–H and O–H groups in total. The van der Waals surface area contributed by atoms with Gasteiger partial charge in [-0.1, -0.05) is 58.7 Å². The van der Waals surface area contributed by atoms with Crippen LogP contribution >= 0.6 is 0 Å². The van der Waals surface area contributed by atoms with Crippen LogP contribution in [0.5, 0.6) is 0 Å². The standard InChI is InChI=1S/C13H13NO3/c15-14(13-9-5-2-6-10-13)17-16-11-12-7-3-1-4-8-12/h1-10,15H,11H2. The highest BCUT2D eigenvalue weighted by atomic mass is 17.3. The van der Waals surface area contributed by atoms with E-state index in [1.807, 2.05) is 36.4 Å². The number of rotatable bonds is 5. The quantitative estimate of drug-likeness (QED) is 0.634. The van der Waals surface area contributed by atoms with Crippen LogP contribution in [0.25, 0.3) is 0 Å². The van der Waals surface area contributed by atoms with E-state index in [4.69, 9.17) is 9.88 Å². The Bertz CT molecular complexity index is 433. The minimum atomic E-state index is 0.269. The third-order valence-electron chi connectivity index (χ3n) is 2.17. The lowest BCUT2D eigenvalue weighted by Crippen LogP contribution is -2.18. The molecule has 17 heavy (non-hydrogen) atoms. The Morgan fingerprint density at radius 1 is 0.882 bits per heavy atom. The average molecular weight is 231 g/mol. The molecule has 88 valence electrons. The van der Waals surface area contributed by atoms with Gasteiger partial charge in [0.1, 0.15) is 6.61 Å². The molecule has 2 rings (SSSR count). The molecule has 0 amide bonds. The van der Waals surface area contributed by atoms with E-state index in [0.29, 0.717) is 10.9 Å². The predicted octanol–water partition coefficient (Wildman–Crippen LogP) is 2.95. The van der Waals surface area contributed by atoms with Crippen molar-refractivity contribution in [3.8, 4) is 0 Å². The highest BCUT2D eigenvalue weighted by molar-refractivity contribution is 5.40. The van der Waals surface area contributed by atoms with Gasteiger partial charge in [0.05, 0.1) is 5.69 Å². The highest BCUT2D eigenvalue weighted by Gasteiger charge is 2.03. The van der Waals surface area contributed by atoms with E-state index >= 15 is 0 Å². The maximum Gasteiger partial charge on any atom is 0.110 e. The summed E-state index contributed by atoms with van der Waals surface area (Å²) < 4.78 is 0. The van der Waals surface area contributed by atoms with Crippen LogP contribution in [-0.4, -0.2) is 5.21 Å². The topological polar surface area (TPSA) is 41.9 Å². The Balaban J connectivity index is 1.79. The van der Waals surface area contributed by atoms with Crippen molar-refractivity contribution in [3.63, 3.8) is 0 Å². The maximum absolute atomic E-state index is 9.48. The Morgan fingerprint density at radius 2 is 1.47 bits per heavy atom. The molecule has 0 atom stereocenters. The fourth-order valence-electron chi connectivity index (χ4n) is 1.32. The molecule has 0 saturated heterocycles. The molecule has 0 heterocycles. The summed E-state index contributed by atoms with van der Waals surface area (Å²) in [5, 5.41) is 10.1. The van der Waals surface area contributed by atoms with Gasteiger partial charge in [-0.2, -0.15) is 0 Å². The first-order chi connectivity index (χ1) is 8.36. The molecule has 0 fully saturated rings. The van der Waals surface area contributed by atoms with Gasteiger partial charge in [0.15, 0.2) is 0 Å². The van der Waals surface area contributed by atoms with Gasteiger partial charge in [-0.25, -0.2) is 4.89 Å².